The van der Waals surface area contributed by atoms with Gasteiger partial charge in [0.15, 0.2) is 0 Å². The van der Waals surface area contributed by atoms with Crippen molar-refractivity contribution in [2.75, 3.05) is 25.6 Å². The lowest BCUT2D eigenvalue weighted by Crippen LogP contribution is -2.68. The second-order valence-electron chi connectivity index (χ2n) is 7.66. The molecule has 1 saturated heterocycles. The standard InChI is InChI=1S/C20H25FN4O9/c1-11-3-2-4-12(7-11)9-24(32)19(30)15(27)14(10-26)34-20(19,31)25-16(22)13(8-23-18(25)29)17(28)33-6-5-21/h2-4,7-8,14-15,26-27,30-32H,5-6,9-10,22H2,1H3/t14-,15-,19-,20+/m1/s1. The highest BCUT2D eigenvalue weighted by molar-refractivity contribution is 5.93. The van der Waals surface area contributed by atoms with E-state index in [1.807, 2.05) is 0 Å². The summed E-state index contributed by atoms with van der Waals surface area (Å²) in [5, 5.41) is 53.9. The van der Waals surface area contributed by atoms with Crippen LogP contribution in [0.25, 0.3) is 0 Å². The first-order chi connectivity index (χ1) is 16.0. The zero-order valence-corrected chi connectivity index (χ0v) is 18.0. The molecule has 13 nitrogen and oxygen atoms in total. The number of rotatable bonds is 8. The number of aryl methyl sites for hydroxylation is 1. The van der Waals surface area contributed by atoms with Gasteiger partial charge in [0, 0.05) is 0 Å². The Morgan fingerprint density at radius 3 is 2.74 bits per heavy atom. The fraction of sp³-hybridized carbons (Fsp3) is 0.450. The number of nitrogen functional groups attached to an aromatic ring is 1. The first-order valence-electron chi connectivity index (χ1n) is 10.1. The maximum Gasteiger partial charge on any atom is 0.353 e. The van der Waals surface area contributed by atoms with Crippen LogP contribution in [0.5, 0.6) is 0 Å². The number of aromatic nitrogens is 2. The van der Waals surface area contributed by atoms with E-state index in [2.05, 4.69) is 9.72 Å². The highest BCUT2D eigenvalue weighted by atomic mass is 19.1. The lowest BCUT2D eigenvalue weighted by atomic mass is 9.99. The Bertz CT molecular complexity index is 1120. The van der Waals surface area contributed by atoms with Crippen molar-refractivity contribution >= 4 is 11.8 Å². The Hall–Kier alpha value is -2.98. The largest absolute Gasteiger partial charge is 0.459 e. The van der Waals surface area contributed by atoms with Gasteiger partial charge >= 0.3 is 17.6 Å². The van der Waals surface area contributed by atoms with E-state index in [4.69, 9.17) is 10.5 Å². The number of aliphatic hydroxyl groups excluding tert-OH is 2. The van der Waals surface area contributed by atoms with E-state index in [1.54, 1.807) is 31.2 Å². The minimum atomic E-state index is -3.36. The van der Waals surface area contributed by atoms with Crippen LogP contribution in [-0.2, 0) is 21.9 Å². The number of hydrogen-bond donors (Lipinski definition) is 6. The monoisotopic (exact) mass is 484 g/mol. The molecule has 0 radical (unpaired) electrons. The van der Waals surface area contributed by atoms with Crippen molar-refractivity contribution in [2.45, 2.75) is 37.3 Å². The molecule has 3 rings (SSSR count). The van der Waals surface area contributed by atoms with Crippen LogP contribution in [0.4, 0.5) is 10.2 Å². The maximum absolute atomic E-state index is 12.6. The summed E-state index contributed by atoms with van der Waals surface area (Å²) < 4.78 is 22.3. The fourth-order valence-electron chi connectivity index (χ4n) is 3.72. The van der Waals surface area contributed by atoms with Crippen LogP contribution in [-0.4, -0.2) is 84.0 Å². The van der Waals surface area contributed by atoms with Gasteiger partial charge in [0.05, 0.1) is 19.3 Å². The Balaban J connectivity index is 2.14. The molecular weight excluding hydrogens is 459 g/mol. The number of aliphatic hydroxyl groups is 4. The second kappa shape index (κ2) is 9.71. The van der Waals surface area contributed by atoms with Crippen molar-refractivity contribution in [3.63, 3.8) is 0 Å². The molecule has 0 saturated carbocycles. The van der Waals surface area contributed by atoms with Crippen LogP contribution in [0.15, 0.2) is 35.3 Å². The molecule has 1 aliphatic heterocycles. The number of hydrogen-bond acceptors (Lipinski definition) is 12. The summed E-state index contributed by atoms with van der Waals surface area (Å²) in [7, 11) is 0. The van der Waals surface area contributed by atoms with Crippen molar-refractivity contribution < 1.29 is 44.3 Å². The third-order valence-corrected chi connectivity index (χ3v) is 5.39. The summed E-state index contributed by atoms with van der Waals surface area (Å²) in [5.41, 5.74) is 1.96. The molecule has 1 aromatic carbocycles. The van der Waals surface area contributed by atoms with Gasteiger partial charge in [-0.25, -0.2) is 23.5 Å². The molecule has 0 aliphatic carbocycles. The lowest BCUT2D eigenvalue weighted by molar-refractivity contribution is -0.413. The third-order valence-electron chi connectivity index (χ3n) is 5.39. The summed E-state index contributed by atoms with van der Waals surface area (Å²) in [4.78, 5) is 28.2. The number of alkyl halides is 1. The molecule has 34 heavy (non-hydrogen) atoms. The number of ether oxygens (including phenoxy) is 2. The zero-order valence-electron chi connectivity index (χ0n) is 18.0. The molecule has 14 heteroatoms. The summed E-state index contributed by atoms with van der Waals surface area (Å²) >= 11 is 0. The van der Waals surface area contributed by atoms with E-state index in [9.17, 15) is 39.6 Å². The second-order valence-corrected chi connectivity index (χ2v) is 7.66. The van der Waals surface area contributed by atoms with Gasteiger partial charge in [-0.05, 0) is 12.5 Å². The van der Waals surface area contributed by atoms with Crippen LogP contribution in [0.1, 0.15) is 21.5 Å². The summed E-state index contributed by atoms with van der Waals surface area (Å²) in [6.45, 7) is -1.31. The topological polar surface area (TPSA) is 201 Å². The molecule has 0 spiro atoms. The van der Waals surface area contributed by atoms with E-state index < -0.39 is 73.3 Å². The molecule has 1 aliphatic rings. The molecule has 4 atom stereocenters. The molecular formula is C20H25FN4O9. The van der Waals surface area contributed by atoms with Gasteiger partial charge in [0.1, 0.15) is 36.9 Å². The minimum Gasteiger partial charge on any atom is -0.459 e. The average Bonchev–Trinajstić information content (AvgIpc) is 2.99. The Kier molecular flexibility index (Phi) is 7.32. The fourth-order valence-corrected chi connectivity index (χ4v) is 3.72. The first kappa shape index (κ1) is 25.6. The van der Waals surface area contributed by atoms with Crippen molar-refractivity contribution in [3.05, 3.63) is 57.6 Å². The number of esters is 1. The smallest absolute Gasteiger partial charge is 0.353 e. The van der Waals surface area contributed by atoms with Gasteiger partial charge in [-0.1, -0.05) is 29.8 Å². The quantitative estimate of drug-likeness (QED) is 0.140. The molecule has 7 N–H and O–H groups in total. The molecule has 0 unspecified atom stereocenters. The van der Waals surface area contributed by atoms with Gasteiger partial charge in [-0.15, -0.1) is 5.06 Å². The Morgan fingerprint density at radius 2 is 2.12 bits per heavy atom. The van der Waals surface area contributed by atoms with Crippen molar-refractivity contribution in [3.8, 4) is 0 Å². The Labute approximate surface area is 192 Å². The number of halogens is 1. The SMILES string of the molecule is Cc1cccc(CN(O)[C@@]2(O)[C@H](O)[C@@H](CO)O[C@]2(O)n2c(N)c(C(=O)OCCF)cnc2=O)c1. The number of benzene rings is 1. The zero-order chi connectivity index (χ0) is 25.3. The van der Waals surface area contributed by atoms with Crippen LogP contribution >= 0.6 is 0 Å². The van der Waals surface area contributed by atoms with Crippen LogP contribution in [0.3, 0.4) is 0 Å². The molecule has 0 bridgehead atoms. The number of anilines is 1. The van der Waals surface area contributed by atoms with Gasteiger partial charge in [0.25, 0.3) is 0 Å². The number of nitrogens with zero attached hydrogens (tertiary/aromatic N) is 3. The average molecular weight is 484 g/mol. The number of nitrogens with two attached hydrogens (primary N) is 1. The van der Waals surface area contributed by atoms with Crippen molar-refractivity contribution in [2.24, 2.45) is 0 Å². The first-order valence-corrected chi connectivity index (χ1v) is 10.1. The van der Waals surface area contributed by atoms with Crippen LogP contribution in [0.2, 0.25) is 0 Å². The summed E-state index contributed by atoms with van der Waals surface area (Å²) in [6, 6.07) is 6.64. The molecule has 2 aromatic rings. The van der Waals surface area contributed by atoms with Crippen molar-refractivity contribution in [1.29, 1.82) is 0 Å². The minimum absolute atomic E-state index is 0.113. The number of hydroxylamine groups is 2. The predicted octanol–water partition coefficient (Wildman–Crippen LogP) is -1.81. The molecule has 186 valence electrons. The van der Waals surface area contributed by atoms with E-state index in [-0.39, 0.29) is 9.63 Å². The van der Waals surface area contributed by atoms with E-state index in [1.165, 1.54) is 0 Å². The number of carbonyl (C=O) groups is 1. The maximum atomic E-state index is 12.6. The number of carbonyl (C=O) groups excluding carboxylic acids is 1. The Morgan fingerprint density at radius 1 is 1.41 bits per heavy atom. The molecule has 2 heterocycles. The highest BCUT2D eigenvalue weighted by Crippen LogP contribution is 2.44. The van der Waals surface area contributed by atoms with Crippen LogP contribution in [0, 0.1) is 6.92 Å². The highest BCUT2D eigenvalue weighted by Gasteiger charge is 2.70. The van der Waals surface area contributed by atoms with Gasteiger partial charge in [0.2, 0.25) is 5.72 Å². The van der Waals surface area contributed by atoms with E-state index in [0.717, 1.165) is 5.56 Å². The van der Waals surface area contributed by atoms with E-state index in [0.29, 0.717) is 11.8 Å². The molecule has 1 aromatic heterocycles. The van der Waals surface area contributed by atoms with Gasteiger partial charge in [-0.3, -0.25) is 0 Å². The molecule has 1 fully saturated rings. The van der Waals surface area contributed by atoms with Crippen molar-refractivity contribution in [1.82, 2.24) is 14.6 Å². The summed E-state index contributed by atoms with van der Waals surface area (Å²) in [5.74, 6) is -5.40. The lowest BCUT2D eigenvalue weighted by Gasteiger charge is -2.42. The van der Waals surface area contributed by atoms with E-state index >= 15 is 0 Å². The predicted molar refractivity (Wildman–Crippen MR) is 111 cm³/mol. The molecule has 0 amide bonds. The van der Waals surface area contributed by atoms with Crippen LogP contribution < -0.4 is 11.4 Å². The van der Waals surface area contributed by atoms with Gasteiger partial charge < -0.3 is 40.8 Å². The summed E-state index contributed by atoms with van der Waals surface area (Å²) in [6.07, 6.45) is -3.20. The van der Waals surface area contributed by atoms with Gasteiger partial charge in [-0.2, -0.15) is 0 Å². The third kappa shape index (κ3) is 4.16. The normalized spacial score (nSPS) is 26.7.